The molecule has 23 rings (SSSR count). The van der Waals surface area contributed by atoms with Crippen LogP contribution in [-0.4, -0.2) is 73.1 Å². The van der Waals surface area contributed by atoms with Crippen LogP contribution < -0.4 is 59.9 Å². The molecule has 0 unspecified atom stereocenters. The summed E-state index contributed by atoms with van der Waals surface area (Å²) >= 11 is 0. The van der Waals surface area contributed by atoms with Gasteiger partial charge in [-0.25, -0.2) is 4.98 Å². The first-order valence-electron chi connectivity index (χ1n) is 45.4. The second kappa shape index (κ2) is 47.7. The Morgan fingerprint density at radius 2 is 0.757 bits per heavy atom. The topological polar surface area (TPSA) is 194 Å². The van der Waals surface area contributed by atoms with Crippen LogP contribution in [0.3, 0.4) is 0 Å². The minimum atomic E-state index is -2.80. The summed E-state index contributed by atoms with van der Waals surface area (Å²) in [6, 6.07) is 157. The van der Waals surface area contributed by atoms with Crippen molar-refractivity contribution < 1.29 is 119 Å². The molecule has 19 aromatic rings. The number of aromatic hydroxyl groups is 4. The third-order valence-corrected chi connectivity index (χ3v) is 28.3. The number of pyridine rings is 4. The molecule has 0 bridgehead atoms. The molecule has 14 aromatic carbocycles. The summed E-state index contributed by atoms with van der Waals surface area (Å²) in [7, 11) is -2.80. The van der Waals surface area contributed by atoms with Crippen LogP contribution in [0.4, 0.5) is 39.9 Å². The van der Waals surface area contributed by atoms with Crippen LogP contribution in [0.1, 0.15) is 28.1 Å². The molecule has 0 atom stereocenters. The Kier molecular flexibility index (Phi) is 33.5. The van der Waals surface area contributed by atoms with Crippen molar-refractivity contribution in [2.24, 2.45) is 0 Å². The standard InChI is InChI=1S/C34H27N3O.C32H25N3O2Si.C26H18N4O2.C26H20N4O2.4Pt/c38-32-21-11-10-20-31(32)37-24-23-36(26-37)25-30-19-12-22-33(35-30)34(27-13-4-1-5-14-27,28-15-6-2-7-16-28)29-17-8-3-9-18-29;36-30-20-11-10-19-29(30)34-23-24-35(25-34)37-31-21-12-22-32(33-31)38(26-13-4-1-5-14-26,27-15-6-2-7-16-27)28-17-8-3-9-18-28;31-24-13-6-5-12-23(24)28-16-17-29(18-28)32-26-15-7-14-25(27-26)30-21-10-3-1-8-19(21)20-9-2-4-11-22(20)30;31-24-15-8-7-14-23(24)28-18-19-29(20-28)32-26-17-9-16-25(27-26)30(21-10-3-1-4-11-21)22-12-5-2-6-13-22;;;;/h1-17,19-24,26,38H,25H2;1-17,19-25,36H;1-10,12-18,31H;1-12,14-20,31H;;;;/q4*-2;4*+2. The predicted octanol–water partition coefficient (Wildman–Crippen LogP) is 21.7. The van der Waals surface area contributed by atoms with E-state index in [1.807, 2.05) is 260 Å². The second-order valence-corrected chi connectivity index (χ2v) is 36.2. The number of fused-ring (bicyclic) bond motifs is 3. The summed E-state index contributed by atoms with van der Waals surface area (Å²) in [4.78, 5) is 49.3. The van der Waals surface area contributed by atoms with Gasteiger partial charge in [0.05, 0.1) is 39.6 Å². The molecule has 0 fully saturated rings. The quantitative estimate of drug-likeness (QED) is 0.0253. The van der Waals surface area contributed by atoms with E-state index in [-0.39, 0.29) is 107 Å². The fourth-order valence-corrected chi connectivity index (χ4v) is 22.0. The predicted molar refractivity (Wildman–Crippen MR) is 552 cm³/mol. The molecule has 4 N–H and O–H groups in total. The number of nitrogens with zero attached hydrogens (tertiary/aromatic N) is 14. The maximum absolute atomic E-state index is 10.3. The molecule has 718 valence electrons. The van der Waals surface area contributed by atoms with Gasteiger partial charge in [0.2, 0.25) is 17.6 Å². The first-order valence-corrected chi connectivity index (χ1v) is 47.4. The molecule has 9 heterocycles. The molecule has 26 heteroatoms. The largest absolute Gasteiger partial charge is 2.00 e. The molecule has 4 aliphatic rings. The molecule has 0 spiro atoms. The van der Waals surface area contributed by atoms with Crippen LogP contribution in [-0.2, 0) is 96.2 Å². The summed E-state index contributed by atoms with van der Waals surface area (Å²) in [6.45, 7) is 7.77. The Labute approximate surface area is 895 Å². The van der Waals surface area contributed by atoms with Gasteiger partial charge < -0.3 is 84.1 Å². The smallest absolute Gasteiger partial charge is 0.506 e. The third-order valence-electron chi connectivity index (χ3n) is 23.8. The first-order chi connectivity index (χ1) is 69.0. The van der Waals surface area contributed by atoms with Crippen LogP contribution in [0.15, 0.2) is 486 Å². The number of anilines is 7. The van der Waals surface area contributed by atoms with Gasteiger partial charge in [0.15, 0.2) is 8.07 Å². The molecule has 0 amide bonds. The van der Waals surface area contributed by atoms with Crippen LogP contribution >= 0.6 is 0 Å². The van der Waals surface area contributed by atoms with Gasteiger partial charge in [-0.2, -0.15) is 131 Å². The SMILES string of the molecule is Oc1ccccc1N1C=CN(Cc2cccc(C(c3[c-]cccc3)(c3ccccc3)c3ccccc3)n2)[CH-]1.Oc1ccccc1N1C=CN(Oc2cccc(-n3c4[c-]cccc4c4ccccc43)n2)[CH-]1.Oc1ccccc1N1C=CN(Oc2cccc(N(c3[c-]cccc3)c3ccccc3)n2)[CH-]1.Oc1ccccc1N1C=CN(Oc2cccc([Si](c3[c-]cccc3)(c3ccccc3)c3ccccc3)n2)[CH-]1.[Pt+2].[Pt+2].[Pt+2].[Pt+2]. The first kappa shape index (κ1) is 101. The maximum Gasteiger partial charge on any atom is 2.00 e. The number of rotatable bonds is 24. The molecule has 0 saturated heterocycles. The number of para-hydroxylation sites is 12. The molecule has 0 radical (unpaired) electrons. The van der Waals surface area contributed by atoms with Gasteiger partial charge in [-0.1, -0.05) is 242 Å². The Morgan fingerprint density at radius 3 is 1.28 bits per heavy atom. The van der Waals surface area contributed by atoms with E-state index in [0.717, 1.165) is 83.3 Å². The summed E-state index contributed by atoms with van der Waals surface area (Å²) in [6.07, 6.45) is 14.7. The van der Waals surface area contributed by atoms with E-state index in [1.165, 1.54) is 10.4 Å². The number of phenolic OH excluding ortho intramolecular Hbond substituents is 4. The third kappa shape index (κ3) is 22.2. The zero-order valence-electron chi connectivity index (χ0n) is 76.7. The van der Waals surface area contributed by atoms with Crippen molar-refractivity contribution in [2.45, 2.75) is 12.0 Å². The van der Waals surface area contributed by atoms with E-state index >= 15 is 0 Å². The number of hydroxylamine groups is 6. The van der Waals surface area contributed by atoms with Crippen molar-refractivity contribution >= 4 is 90.7 Å². The minimum absolute atomic E-state index is 0. The van der Waals surface area contributed by atoms with Crippen LogP contribution in [0.2, 0.25) is 0 Å². The summed E-state index contributed by atoms with van der Waals surface area (Å²) in [5.74, 6) is 3.62. The maximum atomic E-state index is 10.3. The van der Waals surface area contributed by atoms with E-state index < -0.39 is 13.5 Å². The van der Waals surface area contributed by atoms with Crippen molar-refractivity contribution in [2.75, 3.05) is 24.5 Å². The Hall–Kier alpha value is -15.8. The van der Waals surface area contributed by atoms with E-state index in [4.69, 9.17) is 34.4 Å². The number of aromatic nitrogens is 5. The van der Waals surface area contributed by atoms with Gasteiger partial charge in [-0.15, -0.1) is 37.0 Å². The van der Waals surface area contributed by atoms with Gasteiger partial charge in [-0.05, 0) is 155 Å². The fraction of sp³-hybridized carbons (Fsp3) is 0.0169. The zero-order chi connectivity index (χ0) is 94.8. The van der Waals surface area contributed by atoms with Gasteiger partial charge in [-0.3, -0.25) is 4.98 Å². The van der Waals surface area contributed by atoms with E-state index in [2.05, 4.69) is 198 Å². The Balaban J connectivity index is 0.000000137. The normalized spacial score (nSPS) is 12.7. The van der Waals surface area contributed by atoms with Crippen LogP contribution in [0.25, 0.3) is 27.6 Å². The molecule has 0 saturated carbocycles. The van der Waals surface area contributed by atoms with Crippen LogP contribution in [0, 0.1) is 50.9 Å². The Morgan fingerprint density at radius 1 is 0.326 bits per heavy atom. The van der Waals surface area contributed by atoms with E-state index in [9.17, 15) is 20.4 Å². The van der Waals surface area contributed by atoms with Gasteiger partial charge >= 0.3 is 84.3 Å². The summed E-state index contributed by atoms with van der Waals surface area (Å²) in [5.41, 5.74) is 11.2. The molecule has 144 heavy (non-hydrogen) atoms. The van der Waals surface area contributed by atoms with Gasteiger partial charge in [0.25, 0.3) is 0 Å². The summed E-state index contributed by atoms with van der Waals surface area (Å²) < 4.78 is 2.09. The van der Waals surface area contributed by atoms with Crippen molar-refractivity contribution in [1.82, 2.24) is 44.6 Å². The molecular formula is C118H90N14O7Pt4Si. The summed E-state index contributed by atoms with van der Waals surface area (Å²) in [5, 5.41) is 52.2. The van der Waals surface area contributed by atoms with Crippen molar-refractivity contribution in [3.05, 3.63) is 565 Å². The van der Waals surface area contributed by atoms with Crippen molar-refractivity contribution in [3.63, 3.8) is 0 Å². The average Bonchev–Trinajstić information content (AvgIpc) is 1.04. The average molecular weight is 2620 g/mol. The fourth-order valence-electron chi connectivity index (χ4n) is 17.5. The Bertz CT molecular complexity index is 7060. The van der Waals surface area contributed by atoms with E-state index in [1.54, 1.807) is 129 Å². The van der Waals surface area contributed by atoms with Gasteiger partial charge in [0, 0.05) is 59.9 Å². The zero-order valence-corrected chi connectivity index (χ0v) is 86.8. The molecule has 5 aromatic heterocycles. The van der Waals surface area contributed by atoms with Crippen LogP contribution in [0.5, 0.6) is 40.6 Å². The minimum Gasteiger partial charge on any atom is -0.506 e. The molecule has 21 nitrogen and oxygen atoms in total. The second-order valence-electron chi connectivity index (χ2n) is 32.5. The van der Waals surface area contributed by atoms with E-state index in [0.29, 0.717) is 47.1 Å². The number of hydrogen-bond acceptors (Lipinski definition) is 20. The number of hydrogen-bond donors (Lipinski definition) is 4. The molecule has 0 aliphatic carbocycles. The molecule has 4 aliphatic heterocycles. The van der Waals surface area contributed by atoms with Crippen molar-refractivity contribution in [3.8, 4) is 46.5 Å². The van der Waals surface area contributed by atoms with Crippen molar-refractivity contribution in [1.29, 1.82) is 0 Å². The number of phenols is 4. The monoisotopic (exact) mass is 2620 g/mol. The van der Waals surface area contributed by atoms with Gasteiger partial charge in [0.1, 0.15) is 34.6 Å². The number of benzene rings is 14. The molecular weight excluding hydrogens is 2530 g/mol.